The van der Waals surface area contributed by atoms with Gasteiger partial charge in [0.25, 0.3) is 0 Å². The van der Waals surface area contributed by atoms with Crippen molar-refractivity contribution in [2.75, 3.05) is 20.3 Å². The summed E-state index contributed by atoms with van der Waals surface area (Å²) in [5.74, 6) is 0.738. The Morgan fingerprint density at radius 1 is 1.36 bits per heavy atom. The van der Waals surface area contributed by atoms with E-state index >= 15 is 0 Å². The van der Waals surface area contributed by atoms with E-state index in [1.54, 1.807) is 7.11 Å². The minimum Gasteiger partial charge on any atom is -0.396 e. The Bertz CT molecular complexity index is 66.0. The highest BCUT2D eigenvalue weighted by Crippen LogP contribution is 2.14. The molecule has 1 atom stereocenters. The largest absolute Gasteiger partial charge is 0.396 e. The van der Waals surface area contributed by atoms with Crippen molar-refractivity contribution in [1.29, 1.82) is 0 Å². The molecule has 0 fully saturated rings. The zero-order chi connectivity index (χ0) is 8.53. The van der Waals surface area contributed by atoms with Gasteiger partial charge >= 0.3 is 0 Å². The van der Waals surface area contributed by atoms with E-state index in [1.807, 2.05) is 0 Å². The van der Waals surface area contributed by atoms with Gasteiger partial charge in [0.1, 0.15) is 0 Å². The molecule has 0 spiro atoms. The van der Waals surface area contributed by atoms with Gasteiger partial charge in [0.15, 0.2) is 0 Å². The summed E-state index contributed by atoms with van der Waals surface area (Å²) >= 11 is 0. The third-order valence-corrected chi connectivity index (χ3v) is 2.08. The summed E-state index contributed by atoms with van der Waals surface area (Å²) in [5.41, 5.74) is 0. The molecule has 0 aliphatic heterocycles. The molecule has 0 aliphatic rings. The molecule has 0 heterocycles. The Labute approximate surface area is 69.6 Å². The molecule has 2 nitrogen and oxygen atoms in total. The van der Waals surface area contributed by atoms with Crippen LogP contribution in [0, 0.1) is 5.92 Å². The van der Waals surface area contributed by atoms with E-state index in [-0.39, 0.29) is 0 Å². The van der Waals surface area contributed by atoms with Gasteiger partial charge in [-0.1, -0.05) is 13.3 Å². The maximum Gasteiger partial charge on any atom is 0.0464 e. The summed E-state index contributed by atoms with van der Waals surface area (Å²) in [7, 11) is 1.73. The first-order valence-electron chi connectivity index (χ1n) is 4.45. The first-order chi connectivity index (χ1) is 5.35. The van der Waals surface area contributed by atoms with Crippen molar-refractivity contribution >= 4 is 0 Å². The van der Waals surface area contributed by atoms with Crippen molar-refractivity contribution < 1.29 is 9.84 Å². The molecule has 0 amide bonds. The Hall–Kier alpha value is -0.0800. The van der Waals surface area contributed by atoms with E-state index in [4.69, 9.17) is 9.84 Å². The average Bonchev–Trinajstić information content (AvgIpc) is 2.05. The second kappa shape index (κ2) is 8.02. The van der Waals surface area contributed by atoms with Crippen molar-refractivity contribution in [2.24, 2.45) is 5.92 Å². The highest BCUT2D eigenvalue weighted by molar-refractivity contribution is 4.56. The fourth-order valence-corrected chi connectivity index (χ4v) is 1.22. The number of aliphatic hydroxyl groups excluding tert-OH is 1. The monoisotopic (exact) mass is 160 g/mol. The second-order valence-corrected chi connectivity index (χ2v) is 2.92. The van der Waals surface area contributed by atoms with Crippen LogP contribution in [0.3, 0.4) is 0 Å². The summed E-state index contributed by atoms with van der Waals surface area (Å²) < 4.78 is 4.99. The lowest BCUT2D eigenvalue weighted by Crippen LogP contribution is -2.04. The minimum absolute atomic E-state index is 0.323. The molecule has 1 N–H and O–H groups in total. The van der Waals surface area contributed by atoms with Crippen molar-refractivity contribution in [3.8, 4) is 0 Å². The Kier molecular flexibility index (Phi) is 7.96. The van der Waals surface area contributed by atoms with Gasteiger partial charge < -0.3 is 9.84 Å². The molecule has 0 unspecified atom stereocenters. The summed E-state index contributed by atoms with van der Waals surface area (Å²) in [6.07, 6.45) is 4.40. The van der Waals surface area contributed by atoms with Gasteiger partial charge in [-0.25, -0.2) is 0 Å². The molecule has 0 saturated heterocycles. The summed E-state index contributed by atoms with van der Waals surface area (Å²) in [5, 5.41) is 8.60. The lowest BCUT2D eigenvalue weighted by molar-refractivity contribution is 0.170. The molecule has 0 saturated carbocycles. The third kappa shape index (κ3) is 6.32. The maximum absolute atomic E-state index is 8.60. The summed E-state index contributed by atoms with van der Waals surface area (Å²) in [6, 6.07) is 0. The molecule has 0 radical (unpaired) electrons. The Balaban J connectivity index is 3.25. The molecule has 11 heavy (non-hydrogen) atoms. The normalized spacial score (nSPS) is 13.4. The molecule has 2 heteroatoms. The fourth-order valence-electron chi connectivity index (χ4n) is 1.22. The molecule has 68 valence electrons. The molecule has 0 aliphatic carbocycles. The molecular formula is C9H20O2. The second-order valence-electron chi connectivity index (χ2n) is 2.92. The van der Waals surface area contributed by atoms with Crippen molar-refractivity contribution in [3.05, 3.63) is 0 Å². The zero-order valence-corrected chi connectivity index (χ0v) is 7.68. The minimum atomic E-state index is 0.323. The molecule has 0 rings (SSSR count). The molecule has 0 bridgehead atoms. The van der Waals surface area contributed by atoms with Crippen LogP contribution in [0.5, 0.6) is 0 Å². The van der Waals surface area contributed by atoms with Crippen LogP contribution in [0.25, 0.3) is 0 Å². The topological polar surface area (TPSA) is 29.5 Å². The Morgan fingerprint density at radius 3 is 2.55 bits per heavy atom. The van der Waals surface area contributed by atoms with Crippen molar-refractivity contribution in [2.45, 2.75) is 32.6 Å². The van der Waals surface area contributed by atoms with Crippen LogP contribution in [-0.2, 0) is 4.74 Å². The molecule has 0 aromatic carbocycles. The highest BCUT2D eigenvalue weighted by Gasteiger charge is 2.04. The number of rotatable bonds is 7. The third-order valence-electron chi connectivity index (χ3n) is 2.08. The summed E-state index contributed by atoms with van der Waals surface area (Å²) in [6.45, 7) is 3.37. The van der Waals surface area contributed by atoms with Crippen LogP contribution in [0.15, 0.2) is 0 Å². The lowest BCUT2D eigenvalue weighted by Gasteiger charge is -2.12. The van der Waals surface area contributed by atoms with E-state index in [1.165, 1.54) is 6.42 Å². The van der Waals surface area contributed by atoms with Gasteiger partial charge in [0, 0.05) is 20.3 Å². The predicted molar refractivity (Wildman–Crippen MR) is 46.6 cm³/mol. The van der Waals surface area contributed by atoms with Crippen molar-refractivity contribution in [3.63, 3.8) is 0 Å². The van der Waals surface area contributed by atoms with Gasteiger partial charge in [0.2, 0.25) is 0 Å². The number of hydrogen-bond donors (Lipinski definition) is 1. The SMILES string of the molecule is CC[C@@H](CCCO)CCOC. The van der Waals surface area contributed by atoms with Crippen LogP contribution in [0.1, 0.15) is 32.6 Å². The smallest absolute Gasteiger partial charge is 0.0464 e. The van der Waals surface area contributed by atoms with Gasteiger partial charge in [0.05, 0.1) is 0 Å². The zero-order valence-electron chi connectivity index (χ0n) is 7.68. The highest BCUT2D eigenvalue weighted by atomic mass is 16.5. The molecular weight excluding hydrogens is 140 g/mol. The predicted octanol–water partition coefficient (Wildman–Crippen LogP) is 1.82. The molecule has 0 aromatic heterocycles. The summed E-state index contributed by atoms with van der Waals surface area (Å²) in [4.78, 5) is 0. The van der Waals surface area contributed by atoms with E-state index in [0.717, 1.165) is 31.8 Å². The van der Waals surface area contributed by atoms with E-state index in [2.05, 4.69) is 6.92 Å². The standard InChI is InChI=1S/C9H20O2/c1-3-9(5-4-7-10)6-8-11-2/h9-10H,3-8H2,1-2H3/t9-/m0/s1. The van der Waals surface area contributed by atoms with E-state index in [9.17, 15) is 0 Å². The number of methoxy groups -OCH3 is 1. The average molecular weight is 160 g/mol. The number of aliphatic hydroxyl groups is 1. The van der Waals surface area contributed by atoms with E-state index < -0.39 is 0 Å². The lowest BCUT2D eigenvalue weighted by atomic mass is 9.97. The fraction of sp³-hybridized carbons (Fsp3) is 1.00. The van der Waals surface area contributed by atoms with Crippen molar-refractivity contribution in [1.82, 2.24) is 0 Å². The van der Waals surface area contributed by atoms with Gasteiger partial charge in [-0.15, -0.1) is 0 Å². The van der Waals surface area contributed by atoms with Crippen LogP contribution in [0.4, 0.5) is 0 Å². The van der Waals surface area contributed by atoms with Gasteiger partial charge in [-0.05, 0) is 25.2 Å². The van der Waals surface area contributed by atoms with Crippen LogP contribution >= 0.6 is 0 Å². The maximum atomic E-state index is 8.60. The Morgan fingerprint density at radius 2 is 2.09 bits per heavy atom. The van der Waals surface area contributed by atoms with Crippen LogP contribution < -0.4 is 0 Å². The van der Waals surface area contributed by atoms with E-state index in [0.29, 0.717) is 6.61 Å². The quantitative estimate of drug-likeness (QED) is 0.615. The number of hydrogen-bond acceptors (Lipinski definition) is 2. The van der Waals surface area contributed by atoms with Crippen LogP contribution in [0.2, 0.25) is 0 Å². The van der Waals surface area contributed by atoms with Crippen LogP contribution in [-0.4, -0.2) is 25.4 Å². The first kappa shape index (κ1) is 10.9. The molecule has 0 aromatic rings. The van der Waals surface area contributed by atoms with Gasteiger partial charge in [-0.2, -0.15) is 0 Å². The van der Waals surface area contributed by atoms with Gasteiger partial charge in [-0.3, -0.25) is 0 Å². The number of ether oxygens (including phenoxy) is 1. The first-order valence-corrected chi connectivity index (χ1v) is 4.45.